The Balaban J connectivity index is 2.31. The van der Waals surface area contributed by atoms with Crippen molar-refractivity contribution >= 4 is 17.7 Å². The molecule has 0 aliphatic rings. The lowest BCUT2D eigenvalue weighted by atomic mass is 9.98. The first-order valence-electron chi connectivity index (χ1n) is 9.65. The van der Waals surface area contributed by atoms with Gasteiger partial charge in [-0.05, 0) is 18.6 Å². The van der Waals surface area contributed by atoms with Crippen LogP contribution in [0.5, 0.6) is 11.5 Å². The van der Waals surface area contributed by atoms with E-state index in [0.717, 1.165) is 17.3 Å². The first-order valence-corrected chi connectivity index (χ1v) is 10.5. The second kappa shape index (κ2) is 10.0. The molecule has 1 aromatic heterocycles. The molecule has 0 fully saturated rings. The van der Waals surface area contributed by atoms with E-state index in [-0.39, 0.29) is 0 Å². The summed E-state index contributed by atoms with van der Waals surface area (Å²) in [6, 6.07) is 19.1. The van der Waals surface area contributed by atoms with E-state index in [4.69, 9.17) is 9.47 Å². The fraction of sp³-hybridized carbons (Fsp3) is 0.208. The van der Waals surface area contributed by atoms with E-state index in [9.17, 15) is 15.2 Å². The minimum atomic E-state index is -0.941. The van der Waals surface area contributed by atoms with E-state index in [1.807, 2.05) is 48.5 Å². The summed E-state index contributed by atoms with van der Waals surface area (Å²) >= 11 is 1.08. The summed E-state index contributed by atoms with van der Waals surface area (Å²) in [6.45, 7) is 1.80. The highest BCUT2D eigenvalue weighted by molar-refractivity contribution is 8.00. The second-order valence-electron chi connectivity index (χ2n) is 6.61. The van der Waals surface area contributed by atoms with Gasteiger partial charge < -0.3 is 14.6 Å². The van der Waals surface area contributed by atoms with Crippen LogP contribution in [0.4, 0.5) is 0 Å². The molecule has 0 aliphatic heterocycles. The summed E-state index contributed by atoms with van der Waals surface area (Å²) in [5.74, 6) is 0.0879. The van der Waals surface area contributed by atoms with E-state index in [1.54, 1.807) is 27.2 Å². The van der Waals surface area contributed by atoms with Crippen molar-refractivity contribution in [3.8, 4) is 40.0 Å². The Morgan fingerprint density at radius 2 is 1.87 bits per heavy atom. The molecule has 0 amide bonds. The van der Waals surface area contributed by atoms with Crippen molar-refractivity contribution in [2.24, 2.45) is 0 Å². The molecule has 6 nitrogen and oxygen atoms in total. The highest BCUT2D eigenvalue weighted by Crippen LogP contribution is 2.42. The van der Waals surface area contributed by atoms with Crippen molar-refractivity contribution in [3.05, 3.63) is 60.2 Å². The maximum Gasteiger partial charge on any atom is 0.317 e. The number of carbonyl (C=O) groups is 1. The molecule has 1 N–H and O–H groups in total. The fourth-order valence-corrected chi connectivity index (χ4v) is 4.19. The van der Waals surface area contributed by atoms with Gasteiger partial charge in [0.1, 0.15) is 16.3 Å². The molecule has 2 aromatic carbocycles. The first-order chi connectivity index (χ1) is 15.0. The number of rotatable bonds is 8. The van der Waals surface area contributed by atoms with Gasteiger partial charge in [0.2, 0.25) is 0 Å². The fourth-order valence-electron chi connectivity index (χ4n) is 3.23. The van der Waals surface area contributed by atoms with Crippen LogP contribution in [0.1, 0.15) is 18.9 Å². The second-order valence-corrected chi connectivity index (χ2v) is 7.80. The molecule has 158 valence electrons. The number of para-hydroxylation sites is 1. The molecule has 3 rings (SSSR count). The molecule has 31 heavy (non-hydrogen) atoms. The average Bonchev–Trinajstić information content (AvgIpc) is 2.81. The zero-order valence-electron chi connectivity index (χ0n) is 17.5. The van der Waals surface area contributed by atoms with Crippen LogP contribution in [-0.4, -0.2) is 35.5 Å². The van der Waals surface area contributed by atoms with Crippen molar-refractivity contribution in [1.82, 2.24) is 4.98 Å². The Kier molecular flexibility index (Phi) is 7.16. The van der Waals surface area contributed by atoms with Crippen molar-refractivity contribution in [2.75, 3.05) is 14.2 Å². The number of nitrogens with zero attached hydrogens (tertiary/aromatic N) is 2. The van der Waals surface area contributed by atoms with Gasteiger partial charge in [-0.25, -0.2) is 4.98 Å². The summed E-state index contributed by atoms with van der Waals surface area (Å²) < 4.78 is 11.0. The zero-order chi connectivity index (χ0) is 22.4. The SMILES string of the molecule is CCC(Sc1nc(-c2ccccc2)cc(-c2cccc(OC)c2OC)c1C#N)C(=O)O. The minimum Gasteiger partial charge on any atom is -0.493 e. The third-order valence-corrected chi connectivity index (χ3v) is 6.10. The number of methoxy groups -OCH3 is 2. The molecule has 7 heteroatoms. The van der Waals surface area contributed by atoms with Crippen LogP contribution in [-0.2, 0) is 4.79 Å². The van der Waals surface area contributed by atoms with Gasteiger partial charge in [0.25, 0.3) is 0 Å². The summed E-state index contributed by atoms with van der Waals surface area (Å²) in [7, 11) is 3.09. The van der Waals surface area contributed by atoms with Crippen LogP contribution in [0.3, 0.4) is 0 Å². The number of aromatic nitrogens is 1. The maximum atomic E-state index is 11.7. The third kappa shape index (κ3) is 4.65. The van der Waals surface area contributed by atoms with Crippen molar-refractivity contribution in [3.63, 3.8) is 0 Å². The largest absolute Gasteiger partial charge is 0.493 e. The molecule has 0 aliphatic carbocycles. The summed E-state index contributed by atoms with van der Waals surface area (Å²) in [5.41, 5.74) is 3.08. The maximum absolute atomic E-state index is 11.7. The van der Waals surface area contributed by atoms with E-state index in [2.05, 4.69) is 11.1 Å². The number of thioether (sulfide) groups is 1. The normalized spacial score (nSPS) is 11.4. The number of aliphatic carboxylic acids is 1. The van der Waals surface area contributed by atoms with Crippen LogP contribution >= 0.6 is 11.8 Å². The number of ether oxygens (including phenoxy) is 2. The van der Waals surface area contributed by atoms with Gasteiger partial charge in [0.05, 0.1) is 25.5 Å². The third-order valence-electron chi connectivity index (χ3n) is 4.76. The number of carboxylic acid groups (broad SMARTS) is 1. The lowest BCUT2D eigenvalue weighted by molar-refractivity contribution is -0.136. The molecule has 0 radical (unpaired) electrons. The van der Waals surface area contributed by atoms with Crippen LogP contribution in [0.25, 0.3) is 22.4 Å². The van der Waals surface area contributed by atoms with Crippen LogP contribution in [0.2, 0.25) is 0 Å². The molecule has 3 aromatic rings. The number of carboxylic acids is 1. The topological polar surface area (TPSA) is 92.4 Å². The standard InChI is InChI=1S/C24H22N2O4S/c1-4-21(24(27)28)31-23-18(14-25)17(13-19(26-23)15-9-6-5-7-10-15)16-11-8-12-20(29-2)22(16)30-3/h5-13,21H,4H2,1-3H3,(H,27,28). The van der Waals surface area contributed by atoms with Gasteiger partial charge in [-0.1, -0.05) is 61.2 Å². The van der Waals surface area contributed by atoms with Crippen LogP contribution in [0, 0.1) is 11.3 Å². The minimum absolute atomic E-state index is 0.302. The van der Waals surface area contributed by atoms with E-state index < -0.39 is 11.2 Å². The highest BCUT2D eigenvalue weighted by atomic mass is 32.2. The predicted octanol–water partition coefficient (Wildman–Crippen LogP) is 5.26. The quantitative estimate of drug-likeness (QED) is 0.483. The Labute approximate surface area is 185 Å². The molecule has 1 heterocycles. The summed E-state index contributed by atoms with van der Waals surface area (Å²) in [4.78, 5) is 16.3. The summed E-state index contributed by atoms with van der Waals surface area (Å²) in [5, 5.41) is 19.2. The number of benzene rings is 2. The lowest BCUT2D eigenvalue weighted by Gasteiger charge is -2.17. The lowest BCUT2D eigenvalue weighted by Crippen LogP contribution is -2.15. The van der Waals surface area contributed by atoms with E-state index in [0.29, 0.717) is 45.3 Å². The van der Waals surface area contributed by atoms with Gasteiger partial charge in [-0.2, -0.15) is 5.26 Å². The molecular weight excluding hydrogens is 412 g/mol. The predicted molar refractivity (Wildman–Crippen MR) is 120 cm³/mol. The van der Waals surface area contributed by atoms with Crippen molar-refractivity contribution in [1.29, 1.82) is 5.26 Å². The monoisotopic (exact) mass is 434 g/mol. The van der Waals surface area contributed by atoms with Gasteiger partial charge in [0, 0.05) is 16.7 Å². The molecule has 0 bridgehead atoms. The number of hydrogen-bond donors (Lipinski definition) is 1. The molecule has 0 saturated heterocycles. The van der Waals surface area contributed by atoms with Crippen molar-refractivity contribution < 1.29 is 19.4 Å². The Morgan fingerprint density at radius 3 is 2.45 bits per heavy atom. The van der Waals surface area contributed by atoms with Gasteiger partial charge >= 0.3 is 5.97 Å². The van der Waals surface area contributed by atoms with Crippen molar-refractivity contribution in [2.45, 2.75) is 23.6 Å². The highest BCUT2D eigenvalue weighted by Gasteiger charge is 2.24. The van der Waals surface area contributed by atoms with Crippen LogP contribution < -0.4 is 9.47 Å². The number of pyridine rings is 1. The molecular formula is C24H22N2O4S. The Hall–Kier alpha value is -3.50. The first kappa shape index (κ1) is 22.2. The number of nitriles is 1. The molecule has 1 atom stereocenters. The average molecular weight is 435 g/mol. The van der Waals surface area contributed by atoms with Gasteiger partial charge in [0.15, 0.2) is 11.5 Å². The summed E-state index contributed by atoms with van der Waals surface area (Å²) in [6.07, 6.45) is 0.403. The van der Waals surface area contributed by atoms with Gasteiger partial charge in [-0.3, -0.25) is 4.79 Å². The van der Waals surface area contributed by atoms with Crippen LogP contribution in [0.15, 0.2) is 59.6 Å². The van der Waals surface area contributed by atoms with Gasteiger partial charge in [-0.15, -0.1) is 0 Å². The number of hydrogen-bond acceptors (Lipinski definition) is 6. The Bertz CT molecular complexity index is 1130. The zero-order valence-corrected chi connectivity index (χ0v) is 18.3. The molecule has 0 spiro atoms. The molecule has 0 saturated carbocycles. The van der Waals surface area contributed by atoms with E-state index in [1.165, 1.54) is 0 Å². The smallest absolute Gasteiger partial charge is 0.317 e. The van der Waals surface area contributed by atoms with E-state index >= 15 is 0 Å². The Morgan fingerprint density at radius 1 is 1.13 bits per heavy atom. The molecule has 1 unspecified atom stereocenters.